The van der Waals surface area contributed by atoms with Gasteiger partial charge in [-0.05, 0) is 30.2 Å². The molecule has 0 atom stereocenters. The predicted molar refractivity (Wildman–Crippen MR) is 120 cm³/mol. The van der Waals surface area contributed by atoms with E-state index in [1.54, 1.807) is 24.3 Å². The Morgan fingerprint density at radius 1 is 0.935 bits per heavy atom. The fourth-order valence-electron chi connectivity index (χ4n) is 3.58. The van der Waals surface area contributed by atoms with Crippen LogP contribution in [0.1, 0.15) is 44.3 Å². The Morgan fingerprint density at radius 2 is 1.48 bits per heavy atom. The number of benzene rings is 3. The van der Waals surface area contributed by atoms with Crippen molar-refractivity contribution in [3.8, 4) is 0 Å². The SMILES string of the molecule is CCc1ccc(Nc2cc(S(=O)(=O)O)c(N)c3c2C(=O)c2ccccc2C3=O)cc1.[NaH]. The molecule has 0 radical (unpaired) electrons. The summed E-state index contributed by atoms with van der Waals surface area (Å²) in [7, 11) is -4.74. The first kappa shape index (κ1) is 23.2. The zero-order valence-electron chi connectivity index (χ0n) is 16.0. The molecule has 4 rings (SSSR count). The molecular weight excluding hydrogens is 427 g/mol. The number of carbonyl (C=O) groups is 2. The minimum atomic E-state index is -4.74. The van der Waals surface area contributed by atoms with E-state index in [0.29, 0.717) is 5.69 Å². The first-order chi connectivity index (χ1) is 14.2. The number of aryl methyl sites for hydroxylation is 1. The molecule has 0 fully saturated rings. The number of nitrogens with two attached hydrogens (primary N) is 1. The first-order valence-corrected chi connectivity index (χ1v) is 10.6. The summed E-state index contributed by atoms with van der Waals surface area (Å²) in [6.07, 6.45) is 0.841. The summed E-state index contributed by atoms with van der Waals surface area (Å²) in [5.41, 5.74) is 7.34. The summed E-state index contributed by atoms with van der Waals surface area (Å²) < 4.78 is 33.5. The van der Waals surface area contributed by atoms with E-state index in [1.165, 1.54) is 12.1 Å². The van der Waals surface area contributed by atoms with E-state index in [4.69, 9.17) is 5.73 Å². The molecule has 0 saturated carbocycles. The van der Waals surface area contributed by atoms with Gasteiger partial charge in [-0.2, -0.15) is 8.42 Å². The summed E-state index contributed by atoms with van der Waals surface area (Å²) >= 11 is 0. The van der Waals surface area contributed by atoms with Gasteiger partial charge in [-0.15, -0.1) is 0 Å². The number of nitrogens with one attached hydrogen (secondary N) is 1. The fraction of sp³-hybridized carbons (Fsp3) is 0.0909. The Hall–Kier alpha value is -2.49. The van der Waals surface area contributed by atoms with Crippen LogP contribution in [0.5, 0.6) is 0 Å². The van der Waals surface area contributed by atoms with Crippen molar-refractivity contribution < 1.29 is 22.6 Å². The average Bonchev–Trinajstić information content (AvgIpc) is 2.72. The van der Waals surface area contributed by atoms with Crippen molar-refractivity contribution >= 4 is 68.3 Å². The van der Waals surface area contributed by atoms with Gasteiger partial charge in [0.2, 0.25) is 0 Å². The van der Waals surface area contributed by atoms with Crippen molar-refractivity contribution in [1.29, 1.82) is 0 Å². The predicted octanol–water partition coefficient (Wildman–Crippen LogP) is 2.95. The summed E-state index contributed by atoms with van der Waals surface area (Å²) in [4.78, 5) is 25.7. The second-order valence-corrected chi connectivity index (χ2v) is 8.33. The van der Waals surface area contributed by atoms with E-state index in [2.05, 4.69) is 5.32 Å². The number of hydrogen-bond donors (Lipinski definition) is 3. The van der Waals surface area contributed by atoms with Crippen LogP contribution >= 0.6 is 0 Å². The second kappa shape index (κ2) is 8.57. The number of anilines is 3. The van der Waals surface area contributed by atoms with Crippen LogP contribution in [0.4, 0.5) is 17.1 Å². The van der Waals surface area contributed by atoms with E-state index < -0.39 is 32.3 Å². The third-order valence-electron chi connectivity index (χ3n) is 5.12. The molecule has 3 aromatic rings. The molecule has 3 aromatic carbocycles. The number of nitrogen functional groups attached to an aromatic ring is 1. The van der Waals surface area contributed by atoms with E-state index in [-0.39, 0.29) is 57.5 Å². The van der Waals surface area contributed by atoms with Crippen molar-refractivity contribution in [2.24, 2.45) is 0 Å². The number of fused-ring (bicyclic) bond motifs is 2. The molecule has 0 spiro atoms. The zero-order chi connectivity index (χ0) is 21.6. The van der Waals surface area contributed by atoms with E-state index >= 15 is 0 Å². The molecule has 0 bridgehead atoms. The zero-order valence-corrected chi connectivity index (χ0v) is 16.8. The van der Waals surface area contributed by atoms with Crippen molar-refractivity contribution in [2.75, 3.05) is 11.1 Å². The summed E-state index contributed by atoms with van der Waals surface area (Å²) in [6.45, 7) is 2.01. The standard InChI is InChI=1S/C22H18N2O5S.Na.H/c1-2-12-7-9-13(10-8-12)24-16-11-17(30(27,28)29)20(23)19-18(16)21(25)14-5-3-4-6-15(14)22(19)26;;/h3-11,24H,2,23H2,1H3,(H,27,28,29);;. The van der Waals surface area contributed by atoms with Gasteiger partial charge in [-0.1, -0.05) is 43.3 Å². The van der Waals surface area contributed by atoms with Crippen LogP contribution in [0.3, 0.4) is 0 Å². The molecule has 1 aliphatic rings. The van der Waals surface area contributed by atoms with Gasteiger partial charge in [0.25, 0.3) is 10.1 Å². The number of hydrogen-bond acceptors (Lipinski definition) is 6. The number of ketones is 2. The third-order valence-corrected chi connectivity index (χ3v) is 6.01. The van der Waals surface area contributed by atoms with Crippen LogP contribution in [0.2, 0.25) is 0 Å². The Bertz CT molecular complexity index is 1320. The molecule has 0 unspecified atom stereocenters. The third kappa shape index (κ3) is 4.05. The second-order valence-electron chi connectivity index (χ2n) is 6.94. The van der Waals surface area contributed by atoms with Crippen LogP contribution in [0.25, 0.3) is 0 Å². The molecule has 7 nitrogen and oxygen atoms in total. The van der Waals surface area contributed by atoms with Crippen LogP contribution in [0.15, 0.2) is 59.5 Å². The van der Waals surface area contributed by atoms with Gasteiger partial charge in [0, 0.05) is 16.8 Å². The van der Waals surface area contributed by atoms with Gasteiger partial charge in [-0.3, -0.25) is 14.1 Å². The Kier molecular flexibility index (Phi) is 6.40. The minimum absolute atomic E-state index is 0. The molecule has 1 aliphatic carbocycles. The Labute approximate surface area is 201 Å². The van der Waals surface area contributed by atoms with Gasteiger partial charge < -0.3 is 11.1 Å². The number of rotatable bonds is 4. The molecule has 9 heteroatoms. The Balaban J connectivity index is 0.00000272. The van der Waals surface area contributed by atoms with E-state index in [0.717, 1.165) is 18.1 Å². The van der Waals surface area contributed by atoms with Gasteiger partial charge in [-0.25, -0.2) is 0 Å². The summed E-state index contributed by atoms with van der Waals surface area (Å²) in [5.74, 6) is -1.03. The van der Waals surface area contributed by atoms with Crippen molar-refractivity contribution in [1.82, 2.24) is 0 Å². The molecule has 0 aromatic heterocycles. The molecule has 31 heavy (non-hydrogen) atoms. The molecule has 0 saturated heterocycles. The van der Waals surface area contributed by atoms with Crippen LogP contribution < -0.4 is 11.1 Å². The Morgan fingerprint density at radius 3 is 2.00 bits per heavy atom. The van der Waals surface area contributed by atoms with Crippen LogP contribution in [-0.2, 0) is 16.5 Å². The average molecular weight is 446 g/mol. The fourth-order valence-corrected chi connectivity index (χ4v) is 4.23. The molecular formula is C22H19N2NaO5S. The van der Waals surface area contributed by atoms with Crippen molar-refractivity contribution in [2.45, 2.75) is 18.2 Å². The molecule has 154 valence electrons. The van der Waals surface area contributed by atoms with E-state index in [9.17, 15) is 22.6 Å². The quantitative estimate of drug-likeness (QED) is 0.250. The summed E-state index contributed by atoms with van der Waals surface area (Å²) in [6, 6.07) is 14.7. The van der Waals surface area contributed by atoms with E-state index in [1.807, 2.05) is 19.1 Å². The van der Waals surface area contributed by atoms with Crippen molar-refractivity contribution in [3.63, 3.8) is 0 Å². The first-order valence-electron chi connectivity index (χ1n) is 9.20. The maximum atomic E-state index is 13.2. The monoisotopic (exact) mass is 446 g/mol. The van der Waals surface area contributed by atoms with Gasteiger partial charge in [0.05, 0.1) is 22.5 Å². The van der Waals surface area contributed by atoms with Crippen molar-refractivity contribution in [3.05, 3.63) is 82.4 Å². The van der Waals surface area contributed by atoms with Gasteiger partial charge >= 0.3 is 29.6 Å². The topological polar surface area (TPSA) is 127 Å². The normalized spacial score (nSPS) is 12.6. The summed E-state index contributed by atoms with van der Waals surface area (Å²) in [5, 5.41) is 3.00. The molecule has 0 aliphatic heterocycles. The van der Waals surface area contributed by atoms with Crippen LogP contribution in [0, 0.1) is 0 Å². The molecule has 4 N–H and O–H groups in total. The molecule has 0 heterocycles. The van der Waals surface area contributed by atoms with Gasteiger partial charge in [0.15, 0.2) is 11.6 Å². The maximum absolute atomic E-state index is 13.2. The van der Waals surface area contributed by atoms with Gasteiger partial charge in [0.1, 0.15) is 4.90 Å². The molecule has 0 amide bonds. The van der Waals surface area contributed by atoms with Crippen LogP contribution in [-0.4, -0.2) is 54.1 Å². The number of carbonyl (C=O) groups excluding carboxylic acids is 2.